The summed E-state index contributed by atoms with van der Waals surface area (Å²) >= 11 is 0. The molecule has 0 aromatic rings. The lowest BCUT2D eigenvalue weighted by Gasteiger charge is -2.68. The molecule has 224 valence electrons. The zero-order chi connectivity index (χ0) is 30.8. The lowest BCUT2D eigenvalue weighted by molar-refractivity contribution is -0.264. The Balaban J connectivity index is 2.34. The summed E-state index contributed by atoms with van der Waals surface area (Å²) in [5.41, 5.74) is -7.60. The average molecular weight is 567 g/mol. The third-order valence-corrected chi connectivity index (χ3v) is 10.3. The molecule has 0 aromatic carbocycles. The van der Waals surface area contributed by atoms with Gasteiger partial charge in [0.2, 0.25) is 0 Å². The second-order valence-electron chi connectivity index (χ2n) is 12.8. The van der Waals surface area contributed by atoms with Gasteiger partial charge >= 0.3 is 23.9 Å². The van der Waals surface area contributed by atoms with Crippen molar-refractivity contribution in [3.8, 4) is 0 Å². The highest BCUT2D eigenvalue weighted by Gasteiger charge is 2.77. The van der Waals surface area contributed by atoms with Crippen molar-refractivity contribution in [3.63, 3.8) is 0 Å². The van der Waals surface area contributed by atoms with E-state index in [-0.39, 0.29) is 12.8 Å². The van der Waals surface area contributed by atoms with Crippen LogP contribution < -0.4 is 0 Å². The van der Waals surface area contributed by atoms with Crippen LogP contribution in [0.25, 0.3) is 0 Å². The molecule has 0 unspecified atom stereocenters. The smallest absolute Gasteiger partial charge is 0.358 e. The minimum Gasteiger partial charge on any atom is -0.469 e. The summed E-state index contributed by atoms with van der Waals surface area (Å²) in [6.07, 6.45) is -2.71. The number of Topliss-reactive ketones (excluding diaryl/α,β-unsaturated/α-hetero) is 1. The van der Waals surface area contributed by atoms with Gasteiger partial charge in [0.15, 0.2) is 5.78 Å². The number of allylic oxidation sites excluding steroid dienone is 1. The summed E-state index contributed by atoms with van der Waals surface area (Å²) in [5, 5.41) is 23.0. The summed E-state index contributed by atoms with van der Waals surface area (Å²) in [6, 6.07) is 0. The van der Waals surface area contributed by atoms with Gasteiger partial charge in [0.1, 0.15) is 6.10 Å². The van der Waals surface area contributed by atoms with Gasteiger partial charge in [-0.1, -0.05) is 26.0 Å². The van der Waals surface area contributed by atoms with Crippen molar-refractivity contribution >= 4 is 29.7 Å². The van der Waals surface area contributed by atoms with Gasteiger partial charge in [-0.15, -0.1) is 0 Å². The van der Waals surface area contributed by atoms with Crippen LogP contribution in [0.15, 0.2) is 12.2 Å². The molecule has 1 aliphatic heterocycles. The molecule has 0 spiro atoms. The SMILES string of the molecule is C=C1C[C@H]2[C@@](C)([C@@H](OC(C)=O)C[C@@H](C(C)(C)O)[C@@]2(C)[C@H](O)CC(=O)OC)[C@@H]2C(=O)O[C@@](C)(C(=O)OC)C(=O)[C@]12C. The minimum atomic E-state index is -2.22. The summed E-state index contributed by atoms with van der Waals surface area (Å²) < 4.78 is 21.0. The molecular weight excluding hydrogens is 524 g/mol. The zero-order valence-electron chi connectivity index (χ0n) is 24.8. The second kappa shape index (κ2) is 9.94. The fourth-order valence-corrected chi connectivity index (χ4v) is 8.23. The topological polar surface area (TPSA) is 163 Å². The summed E-state index contributed by atoms with van der Waals surface area (Å²) in [5.74, 6) is -6.72. The van der Waals surface area contributed by atoms with Crippen molar-refractivity contribution in [3.05, 3.63) is 12.2 Å². The molecular formula is C29H42O11. The predicted molar refractivity (Wildman–Crippen MR) is 139 cm³/mol. The van der Waals surface area contributed by atoms with Gasteiger partial charge in [0, 0.05) is 17.8 Å². The molecule has 0 aromatic heterocycles. The van der Waals surface area contributed by atoms with Gasteiger partial charge in [-0.2, -0.15) is 0 Å². The first-order valence-corrected chi connectivity index (χ1v) is 13.4. The number of hydrogen-bond donors (Lipinski definition) is 2. The van der Waals surface area contributed by atoms with Crippen LogP contribution in [0, 0.1) is 34.0 Å². The molecule has 40 heavy (non-hydrogen) atoms. The van der Waals surface area contributed by atoms with Crippen LogP contribution in [-0.4, -0.2) is 77.5 Å². The molecule has 3 rings (SSSR count). The van der Waals surface area contributed by atoms with E-state index >= 15 is 0 Å². The van der Waals surface area contributed by atoms with E-state index in [0.29, 0.717) is 5.57 Å². The van der Waals surface area contributed by atoms with Crippen molar-refractivity contribution in [1.82, 2.24) is 0 Å². The van der Waals surface area contributed by atoms with E-state index in [9.17, 15) is 34.2 Å². The lowest BCUT2D eigenvalue weighted by Crippen LogP contribution is -2.75. The number of methoxy groups -OCH3 is 2. The maximum atomic E-state index is 14.1. The Labute approximate surface area is 234 Å². The van der Waals surface area contributed by atoms with E-state index in [0.717, 1.165) is 7.11 Å². The third-order valence-electron chi connectivity index (χ3n) is 10.3. The maximum absolute atomic E-state index is 14.1. The van der Waals surface area contributed by atoms with Gasteiger partial charge in [0.25, 0.3) is 5.60 Å². The van der Waals surface area contributed by atoms with E-state index in [1.807, 2.05) is 0 Å². The number of hydrogen-bond acceptors (Lipinski definition) is 11. The Morgan fingerprint density at radius 2 is 1.70 bits per heavy atom. The number of carbonyl (C=O) groups is 5. The molecule has 3 fully saturated rings. The highest BCUT2D eigenvalue weighted by Crippen LogP contribution is 2.71. The number of fused-ring (bicyclic) bond motifs is 3. The van der Waals surface area contributed by atoms with Crippen LogP contribution in [0.2, 0.25) is 0 Å². The molecule has 9 atom stereocenters. The van der Waals surface area contributed by atoms with Crippen LogP contribution in [0.1, 0.15) is 67.7 Å². The Bertz CT molecular complexity index is 1140. The van der Waals surface area contributed by atoms with Crippen molar-refractivity contribution in [2.45, 2.75) is 91.1 Å². The molecule has 2 N–H and O–H groups in total. The van der Waals surface area contributed by atoms with Crippen molar-refractivity contribution in [2.75, 3.05) is 14.2 Å². The van der Waals surface area contributed by atoms with E-state index in [1.54, 1.807) is 27.7 Å². The first-order chi connectivity index (χ1) is 18.2. The fourth-order valence-electron chi connectivity index (χ4n) is 8.23. The largest absolute Gasteiger partial charge is 0.469 e. The van der Waals surface area contributed by atoms with Gasteiger partial charge < -0.3 is 29.2 Å². The van der Waals surface area contributed by atoms with Crippen LogP contribution >= 0.6 is 0 Å². The number of aliphatic hydroxyl groups is 2. The Morgan fingerprint density at radius 1 is 1.12 bits per heavy atom. The van der Waals surface area contributed by atoms with Crippen molar-refractivity contribution < 1.29 is 53.1 Å². The Morgan fingerprint density at radius 3 is 2.17 bits per heavy atom. The van der Waals surface area contributed by atoms with Gasteiger partial charge in [-0.25, -0.2) is 4.79 Å². The number of carbonyl (C=O) groups excluding carboxylic acids is 5. The predicted octanol–water partition coefficient (Wildman–Crippen LogP) is 1.90. The van der Waals surface area contributed by atoms with Crippen LogP contribution in [0.3, 0.4) is 0 Å². The summed E-state index contributed by atoms with van der Waals surface area (Å²) in [4.78, 5) is 65.5. The minimum absolute atomic E-state index is 0.000388. The summed E-state index contributed by atoms with van der Waals surface area (Å²) in [7, 11) is 2.28. The summed E-state index contributed by atoms with van der Waals surface area (Å²) in [6.45, 7) is 14.7. The molecule has 1 heterocycles. The molecule has 11 nitrogen and oxygen atoms in total. The molecule has 0 radical (unpaired) electrons. The monoisotopic (exact) mass is 566 g/mol. The Kier molecular flexibility index (Phi) is 7.88. The number of aliphatic hydroxyl groups excluding tert-OH is 1. The van der Waals surface area contributed by atoms with E-state index in [4.69, 9.17) is 18.9 Å². The van der Waals surface area contributed by atoms with Crippen molar-refractivity contribution in [1.29, 1.82) is 0 Å². The van der Waals surface area contributed by atoms with E-state index in [2.05, 4.69) is 6.58 Å². The first kappa shape index (κ1) is 31.7. The highest BCUT2D eigenvalue weighted by molar-refractivity contribution is 6.15. The molecule has 2 aliphatic carbocycles. The maximum Gasteiger partial charge on any atom is 0.358 e. The number of rotatable bonds is 6. The van der Waals surface area contributed by atoms with Crippen LogP contribution in [0.4, 0.5) is 0 Å². The molecule has 11 heteroatoms. The van der Waals surface area contributed by atoms with E-state index in [1.165, 1.54) is 27.9 Å². The molecule has 3 aliphatic rings. The standard InChI is InChI=1S/C29H42O11/c1-14-11-17-27(6,18(31)13-20(32)37-9)16(25(3,4)36)12-19(39-15(2)30)28(17,7)21-22(33)40-29(8,24(35)38-10)23(34)26(14,21)5/h16-19,21,31,36H,1,11-13H2,2-10H3/t16-,17+,18+,19-,21+,26+,27+,28-,29+/m0/s1. The molecule has 0 bridgehead atoms. The average Bonchev–Trinajstić information content (AvgIpc) is 2.84. The third kappa shape index (κ3) is 4.27. The van der Waals surface area contributed by atoms with Crippen LogP contribution in [0.5, 0.6) is 0 Å². The highest BCUT2D eigenvalue weighted by atomic mass is 16.6. The van der Waals surface area contributed by atoms with Gasteiger partial charge in [-0.3, -0.25) is 19.2 Å². The number of cyclic esters (lactones) is 1. The van der Waals surface area contributed by atoms with Crippen molar-refractivity contribution in [2.24, 2.45) is 34.0 Å². The normalized spacial score (nSPS) is 40.2. The molecule has 0 amide bonds. The fraction of sp³-hybridized carbons (Fsp3) is 0.759. The quantitative estimate of drug-likeness (QED) is 0.209. The number of ether oxygens (including phenoxy) is 4. The zero-order valence-corrected chi connectivity index (χ0v) is 24.8. The molecule has 2 saturated carbocycles. The molecule has 1 saturated heterocycles. The van der Waals surface area contributed by atoms with Gasteiger partial charge in [0.05, 0.1) is 43.7 Å². The van der Waals surface area contributed by atoms with E-state index < -0.39 is 93.5 Å². The second-order valence-corrected chi connectivity index (χ2v) is 12.8. The number of esters is 4. The van der Waals surface area contributed by atoms with Crippen LogP contribution in [-0.2, 0) is 42.9 Å². The van der Waals surface area contributed by atoms with Gasteiger partial charge in [-0.05, 0) is 52.4 Å². The first-order valence-electron chi connectivity index (χ1n) is 13.4. The lowest BCUT2D eigenvalue weighted by atomic mass is 9.36. The number of ketones is 1. The Hall–Kier alpha value is -2.79.